The molecule has 27 heavy (non-hydrogen) atoms. The average Bonchev–Trinajstić information content (AvgIpc) is 2.70. The minimum atomic E-state index is -0.426. The van der Waals surface area contributed by atoms with Gasteiger partial charge in [-0.05, 0) is 55.7 Å². The van der Waals surface area contributed by atoms with E-state index in [-0.39, 0.29) is 11.8 Å². The highest BCUT2D eigenvalue weighted by Crippen LogP contribution is 2.23. The van der Waals surface area contributed by atoms with E-state index in [1.165, 1.54) is 25.3 Å². The van der Waals surface area contributed by atoms with Crippen molar-refractivity contribution >= 4 is 29.4 Å². The van der Waals surface area contributed by atoms with Crippen LogP contribution in [0.2, 0.25) is 0 Å². The lowest BCUT2D eigenvalue weighted by Crippen LogP contribution is -2.55. The van der Waals surface area contributed by atoms with Crippen LogP contribution < -0.4 is 10.2 Å². The third kappa shape index (κ3) is 5.12. The van der Waals surface area contributed by atoms with Crippen LogP contribution in [0.4, 0.5) is 5.82 Å². The molecule has 1 aromatic heterocycles. The van der Waals surface area contributed by atoms with Crippen molar-refractivity contribution in [3.63, 3.8) is 0 Å². The third-order valence-corrected chi connectivity index (χ3v) is 5.90. The molecule has 1 atom stereocenters. The largest absolute Gasteiger partial charge is 0.352 e. The molecule has 2 aliphatic rings. The minimum Gasteiger partial charge on any atom is -0.352 e. The van der Waals surface area contributed by atoms with Gasteiger partial charge in [0, 0.05) is 33.1 Å². The van der Waals surface area contributed by atoms with Gasteiger partial charge >= 0.3 is 0 Å². The summed E-state index contributed by atoms with van der Waals surface area (Å²) in [6.45, 7) is 4.25. The molecule has 148 valence electrons. The van der Waals surface area contributed by atoms with Gasteiger partial charge in [0.25, 0.3) is 0 Å². The Bertz CT molecular complexity index is 676. The number of carbonyl (C=O) groups excluding carboxylic acids is 2. The van der Waals surface area contributed by atoms with Crippen LogP contribution in [-0.4, -0.2) is 71.1 Å². The number of amides is 2. The molecule has 0 bridgehead atoms. The molecule has 0 saturated carbocycles. The van der Waals surface area contributed by atoms with Gasteiger partial charge in [0.1, 0.15) is 6.04 Å². The van der Waals surface area contributed by atoms with Crippen LogP contribution in [-0.2, 0) is 22.4 Å². The standard InChI is InChI=1S/C19H29N5O2S/c1-14(25)20-17(7-12-27-2)19(26)24-10-8-23(9-11-24)18-13-15-5-3-4-6-16(15)21-22-18/h13,17H,3-12H2,1-2H3,(H,20,25). The zero-order valence-corrected chi connectivity index (χ0v) is 17.1. The molecule has 7 nitrogen and oxygen atoms in total. The first-order chi connectivity index (χ1) is 13.1. The molecule has 2 heterocycles. The summed E-state index contributed by atoms with van der Waals surface area (Å²) in [7, 11) is 0. The number of hydrogen-bond acceptors (Lipinski definition) is 6. The lowest BCUT2D eigenvalue weighted by atomic mass is 9.97. The normalized spacial score (nSPS) is 18.0. The summed E-state index contributed by atoms with van der Waals surface area (Å²) < 4.78 is 0. The zero-order chi connectivity index (χ0) is 19.2. The van der Waals surface area contributed by atoms with Crippen LogP contribution in [0, 0.1) is 0 Å². The van der Waals surface area contributed by atoms with E-state index in [4.69, 9.17) is 0 Å². The van der Waals surface area contributed by atoms with Crippen LogP contribution in [0.15, 0.2) is 6.07 Å². The number of fused-ring (bicyclic) bond motifs is 1. The number of rotatable bonds is 6. The van der Waals surface area contributed by atoms with Gasteiger partial charge in [0.15, 0.2) is 5.82 Å². The summed E-state index contributed by atoms with van der Waals surface area (Å²) in [5.41, 5.74) is 2.47. The summed E-state index contributed by atoms with van der Waals surface area (Å²) >= 11 is 1.68. The number of aromatic nitrogens is 2. The molecule has 1 fully saturated rings. The van der Waals surface area contributed by atoms with Crippen molar-refractivity contribution < 1.29 is 9.59 Å². The number of aryl methyl sites for hydroxylation is 2. The molecule has 1 aromatic rings. The third-order valence-electron chi connectivity index (χ3n) is 5.26. The van der Waals surface area contributed by atoms with Gasteiger partial charge in [0.2, 0.25) is 11.8 Å². The van der Waals surface area contributed by atoms with E-state index >= 15 is 0 Å². The molecule has 0 spiro atoms. The predicted octanol–water partition coefficient (Wildman–Crippen LogP) is 1.26. The predicted molar refractivity (Wildman–Crippen MR) is 108 cm³/mol. The number of nitrogens with one attached hydrogen (secondary N) is 1. The Morgan fingerprint density at radius 3 is 2.63 bits per heavy atom. The first-order valence-electron chi connectivity index (χ1n) is 9.73. The Labute approximate surface area is 165 Å². The molecular formula is C19H29N5O2S. The number of carbonyl (C=O) groups is 2. The maximum atomic E-state index is 12.8. The van der Waals surface area contributed by atoms with E-state index in [1.54, 1.807) is 11.8 Å². The second kappa shape index (κ2) is 9.39. The minimum absolute atomic E-state index is 0.0235. The van der Waals surface area contributed by atoms with E-state index in [0.29, 0.717) is 19.5 Å². The molecule has 1 aliphatic carbocycles. The molecular weight excluding hydrogens is 362 g/mol. The Balaban J connectivity index is 1.58. The van der Waals surface area contributed by atoms with Gasteiger partial charge in [-0.2, -0.15) is 16.9 Å². The van der Waals surface area contributed by atoms with Crippen LogP contribution in [0.3, 0.4) is 0 Å². The lowest BCUT2D eigenvalue weighted by molar-refractivity contribution is -0.136. The first-order valence-corrected chi connectivity index (χ1v) is 11.1. The van der Waals surface area contributed by atoms with E-state index < -0.39 is 6.04 Å². The highest BCUT2D eigenvalue weighted by Gasteiger charge is 2.28. The van der Waals surface area contributed by atoms with Crippen molar-refractivity contribution in [3.8, 4) is 0 Å². The fraction of sp³-hybridized carbons (Fsp3) is 0.684. The number of piperazine rings is 1. The highest BCUT2D eigenvalue weighted by atomic mass is 32.2. The van der Waals surface area contributed by atoms with E-state index in [0.717, 1.165) is 43.2 Å². The average molecular weight is 392 g/mol. The number of anilines is 1. The highest BCUT2D eigenvalue weighted by molar-refractivity contribution is 7.98. The Morgan fingerprint density at radius 1 is 1.19 bits per heavy atom. The second-order valence-corrected chi connectivity index (χ2v) is 8.21. The summed E-state index contributed by atoms with van der Waals surface area (Å²) in [4.78, 5) is 28.4. The zero-order valence-electron chi connectivity index (χ0n) is 16.2. The number of hydrogen-bond donors (Lipinski definition) is 1. The first kappa shape index (κ1) is 19.9. The van der Waals surface area contributed by atoms with Gasteiger partial charge in [0.05, 0.1) is 5.69 Å². The van der Waals surface area contributed by atoms with Crippen LogP contribution in [0.25, 0.3) is 0 Å². The van der Waals surface area contributed by atoms with Crippen molar-refractivity contribution in [2.75, 3.05) is 43.1 Å². The van der Waals surface area contributed by atoms with E-state index in [2.05, 4.69) is 26.5 Å². The second-order valence-electron chi connectivity index (χ2n) is 7.23. The molecule has 3 rings (SSSR count). The molecule has 0 aromatic carbocycles. The quantitative estimate of drug-likeness (QED) is 0.787. The van der Waals surface area contributed by atoms with Gasteiger partial charge in [-0.1, -0.05) is 0 Å². The molecule has 0 radical (unpaired) electrons. The summed E-state index contributed by atoms with van der Waals surface area (Å²) in [6, 6.07) is 1.75. The van der Waals surface area contributed by atoms with Gasteiger partial charge in [-0.25, -0.2) is 0 Å². The van der Waals surface area contributed by atoms with E-state index in [9.17, 15) is 9.59 Å². The van der Waals surface area contributed by atoms with Crippen LogP contribution in [0.5, 0.6) is 0 Å². The SMILES string of the molecule is CSCCC(NC(C)=O)C(=O)N1CCN(c2cc3c(nn2)CCCC3)CC1. The van der Waals surface area contributed by atoms with Crippen molar-refractivity contribution in [2.45, 2.75) is 45.1 Å². The van der Waals surface area contributed by atoms with Crippen LogP contribution in [0.1, 0.15) is 37.4 Å². The molecule has 1 unspecified atom stereocenters. The van der Waals surface area contributed by atoms with Crippen LogP contribution >= 0.6 is 11.8 Å². The van der Waals surface area contributed by atoms with Crippen molar-refractivity contribution in [1.82, 2.24) is 20.4 Å². The molecule has 1 N–H and O–H groups in total. The Kier molecular flexibility index (Phi) is 6.93. The topological polar surface area (TPSA) is 78.4 Å². The van der Waals surface area contributed by atoms with Gasteiger partial charge < -0.3 is 15.1 Å². The fourth-order valence-corrected chi connectivity index (χ4v) is 4.22. The fourth-order valence-electron chi connectivity index (χ4n) is 3.75. The monoisotopic (exact) mass is 391 g/mol. The van der Waals surface area contributed by atoms with Crippen molar-refractivity contribution in [3.05, 3.63) is 17.3 Å². The van der Waals surface area contributed by atoms with Gasteiger partial charge in [-0.15, -0.1) is 5.10 Å². The maximum Gasteiger partial charge on any atom is 0.245 e. The Morgan fingerprint density at radius 2 is 1.93 bits per heavy atom. The smallest absolute Gasteiger partial charge is 0.245 e. The summed E-state index contributed by atoms with van der Waals surface area (Å²) in [6.07, 6.45) is 7.22. The van der Waals surface area contributed by atoms with E-state index in [1.807, 2.05) is 11.2 Å². The molecule has 1 saturated heterocycles. The molecule has 2 amide bonds. The molecule has 1 aliphatic heterocycles. The molecule has 8 heteroatoms. The summed E-state index contributed by atoms with van der Waals surface area (Å²) in [5, 5.41) is 11.6. The Hall–Kier alpha value is -1.83. The number of nitrogens with zero attached hydrogens (tertiary/aromatic N) is 4. The summed E-state index contributed by atoms with van der Waals surface area (Å²) in [5.74, 6) is 1.64. The maximum absolute atomic E-state index is 12.8. The number of thioether (sulfide) groups is 1. The van der Waals surface area contributed by atoms with Crippen molar-refractivity contribution in [1.29, 1.82) is 0 Å². The van der Waals surface area contributed by atoms with Crippen molar-refractivity contribution in [2.24, 2.45) is 0 Å². The lowest BCUT2D eigenvalue weighted by Gasteiger charge is -2.37. The van der Waals surface area contributed by atoms with Gasteiger partial charge in [-0.3, -0.25) is 9.59 Å².